The third-order valence-corrected chi connectivity index (χ3v) is 6.36. The predicted molar refractivity (Wildman–Crippen MR) is 129 cm³/mol. The highest BCUT2D eigenvalue weighted by molar-refractivity contribution is 8.00. The van der Waals surface area contributed by atoms with Crippen LogP contribution in [0.3, 0.4) is 0 Å². The molecule has 2 amide bonds. The van der Waals surface area contributed by atoms with Gasteiger partial charge >= 0.3 is 5.97 Å². The summed E-state index contributed by atoms with van der Waals surface area (Å²) < 4.78 is 0. The van der Waals surface area contributed by atoms with Crippen molar-refractivity contribution in [1.82, 2.24) is 10.2 Å². The van der Waals surface area contributed by atoms with Crippen LogP contribution in [0, 0.1) is 6.92 Å². The molecule has 0 radical (unpaired) electrons. The van der Waals surface area contributed by atoms with Gasteiger partial charge in [-0.2, -0.15) is 0 Å². The molecule has 0 unspecified atom stereocenters. The first-order valence-corrected chi connectivity index (χ1v) is 11.6. The summed E-state index contributed by atoms with van der Waals surface area (Å²) in [7, 11) is 0. The number of thioether (sulfide) groups is 1. The Kier molecular flexibility index (Phi) is 6.66. The second-order valence-electron chi connectivity index (χ2n) is 6.96. The van der Waals surface area contributed by atoms with Crippen LogP contribution in [0.2, 0.25) is 0 Å². The molecule has 8 nitrogen and oxygen atoms in total. The van der Waals surface area contributed by atoms with Crippen LogP contribution >= 0.6 is 23.1 Å². The van der Waals surface area contributed by atoms with E-state index in [1.54, 1.807) is 48.5 Å². The Morgan fingerprint density at radius 2 is 1.70 bits per heavy atom. The average Bonchev–Trinajstić information content (AvgIpc) is 3.21. The molecule has 4 aromatic rings. The second-order valence-corrected chi connectivity index (χ2v) is 9.19. The van der Waals surface area contributed by atoms with Crippen LogP contribution in [0.4, 0.5) is 10.8 Å². The molecule has 10 heteroatoms. The monoisotopic (exact) mass is 478 g/mol. The van der Waals surface area contributed by atoms with Crippen molar-refractivity contribution in [3.8, 4) is 0 Å². The number of nitrogens with zero attached hydrogens (tertiary/aromatic N) is 2. The van der Waals surface area contributed by atoms with Gasteiger partial charge in [-0.05, 0) is 42.6 Å². The first-order valence-electron chi connectivity index (χ1n) is 9.80. The van der Waals surface area contributed by atoms with Crippen molar-refractivity contribution in [3.63, 3.8) is 0 Å². The van der Waals surface area contributed by atoms with Gasteiger partial charge in [0, 0.05) is 21.5 Å². The van der Waals surface area contributed by atoms with Crippen molar-refractivity contribution in [2.75, 3.05) is 16.4 Å². The topological polar surface area (TPSA) is 121 Å². The minimum atomic E-state index is -1.10. The zero-order valence-corrected chi connectivity index (χ0v) is 19.0. The van der Waals surface area contributed by atoms with Gasteiger partial charge in [-0.1, -0.05) is 41.7 Å². The van der Waals surface area contributed by atoms with Gasteiger partial charge in [0.1, 0.15) is 5.01 Å². The molecule has 4 rings (SSSR count). The number of aromatic nitrogens is 2. The minimum absolute atomic E-state index is 0.0687. The molecule has 0 spiro atoms. The maximum atomic E-state index is 13.0. The Bertz CT molecular complexity index is 1360. The van der Waals surface area contributed by atoms with Crippen molar-refractivity contribution in [1.29, 1.82) is 0 Å². The Labute approximate surface area is 197 Å². The van der Waals surface area contributed by atoms with E-state index < -0.39 is 11.9 Å². The number of benzene rings is 3. The first-order chi connectivity index (χ1) is 15.9. The summed E-state index contributed by atoms with van der Waals surface area (Å²) in [5.74, 6) is -1.55. The van der Waals surface area contributed by atoms with Crippen LogP contribution in [-0.2, 0) is 4.79 Å². The largest absolute Gasteiger partial charge is 0.478 e. The molecule has 0 aliphatic carbocycles. The number of carbonyl (C=O) groups is 3. The van der Waals surface area contributed by atoms with Gasteiger partial charge in [-0.3, -0.25) is 14.9 Å². The molecule has 0 atom stereocenters. The number of aryl methyl sites for hydroxylation is 1. The van der Waals surface area contributed by atoms with E-state index in [1.165, 1.54) is 29.2 Å². The van der Waals surface area contributed by atoms with Crippen molar-refractivity contribution < 1.29 is 19.5 Å². The number of rotatable bonds is 7. The lowest BCUT2D eigenvalue weighted by molar-refractivity contribution is -0.113. The number of fused-ring (bicyclic) bond motifs is 1. The molecule has 0 aliphatic heterocycles. The lowest BCUT2D eigenvalue weighted by atomic mass is 9.98. The third kappa shape index (κ3) is 5.36. The van der Waals surface area contributed by atoms with E-state index in [4.69, 9.17) is 0 Å². The maximum Gasteiger partial charge on any atom is 0.336 e. The summed E-state index contributed by atoms with van der Waals surface area (Å²) in [4.78, 5) is 37.6. The summed E-state index contributed by atoms with van der Waals surface area (Å²) in [5.41, 5.74) is 0.879. The molecular formula is C23H18N4O4S2. The summed E-state index contributed by atoms with van der Waals surface area (Å²) in [6, 6.07) is 17.1. The smallest absolute Gasteiger partial charge is 0.336 e. The fourth-order valence-corrected chi connectivity index (χ4v) is 4.58. The number of anilines is 2. The highest BCUT2D eigenvalue weighted by atomic mass is 32.2. The molecule has 3 aromatic carbocycles. The standard InChI is InChI=1S/C23H18N4O4S2/c1-13-26-27-23(33-13)25-19(28)12-32-16-8-4-7-15(11-16)24-21(29)17-9-2-5-14-6-3-10-18(20(14)17)22(30)31/h2-11H,12H2,1H3,(H,24,29)(H,30,31)(H,25,27,28). The first kappa shape index (κ1) is 22.4. The van der Waals surface area contributed by atoms with Crippen LogP contribution in [0.15, 0.2) is 65.6 Å². The van der Waals surface area contributed by atoms with Gasteiger partial charge in [0.15, 0.2) is 0 Å². The van der Waals surface area contributed by atoms with E-state index in [9.17, 15) is 19.5 Å². The van der Waals surface area contributed by atoms with Gasteiger partial charge in [0.05, 0.1) is 11.3 Å². The fraction of sp³-hybridized carbons (Fsp3) is 0.0870. The Morgan fingerprint density at radius 3 is 2.39 bits per heavy atom. The van der Waals surface area contributed by atoms with E-state index in [-0.39, 0.29) is 22.8 Å². The zero-order valence-electron chi connectivity index (χ0n) is 17.4. The number of aromatic carboxylic acids is 1. The van der Waals surface area contributed by atoms with Gasteiger partial charge in [0.25, 0.3) is 5.91 Å². The predicted octanol–water partition coefficient (Wildman–Crippen LogP) is 4.68. The molecule has 0 saturated heterocycles. The van der Waals surface area contributed by atoms with Crippen LogP contribution in [0.5, 0.6) is 0 Å². The molecule has 33 heavy (non-hydrogen) atoms. The quantitative estimate of drug-likeness (QED) is 0.330. The number of nitrogens with one attached hydrogen (secondary N) is 2. The van der Waals surface area contributed by atoms with E-state index in [0.717, 1.165) is 9.90 Å². The highest BCUT2D eigenvalue weighted by Gasteiger charge is 2.17. The van der Waals surface area contributed by atoms with Crippen molar-refractivity contribution in [2.45, 2.75) is 11.8 Å². The fourth-order valence-electron chi connectivity index (χ4n) is 3.22. The number of carboxylic acids is 1. The average molecular weight is 479 g/mol. The van der Waals surface area contributed by atoms with Gasteiger partial charge in [0.2, 0.25) is 11.0 Å². The SMILES string of the molecule is Cc1nnc(NC(=O)CSc2cccc(NC(=O)c3cccc4cccc(C(=O)O)c34)c2)s1. The lowest BCUT2D eigenvalue weighted by Crippen LogP contribution is -2.14. The summed E-state index contributed by atoms with van der Waals surface area (Å²) in [6.45, 7) is 1.81. The molecule has 0 aliphatic rings. The molecular weight excluding hydrogens is 460 g/mol. The van der Waals surface area contributed by atoms with Crippen LogP contribution in [-0.4, -0.2) is 38.8 Å². The lowest BCUT2D eigenvalue weighted by Gasteiger charge is -2.11. The molecule has 1 aromatic heterocycles. The Morgan fingerprint density at radius 1 is 0.970 bits per heavy atom. The van der Waals surface area contributed by atoms with E-state index >= 15 is 0 Å². The number of carbonyl (C=O) groups excluding carboxylic acids is 2. The minimum Gasteiger partial charge on any atom is -0.478 e. The molecule has 0 saturated carbocycles. The number of hydrogen-bond acceptors (Lipinski definition) is 7. The molecule has 166 valence electrons. The van der Waals surface area contributed by atoms with Crippen LogP contribution < -0.4 is 10.6 Å². The van der Waals surface area contributed by atoms with Crippen molar-refractivity contribution in [2.24, 2.45) is 0 Å². The normalized spacial score (nSPS) is 10.7. The number of carboxylic acid groups (broad SMARTS) is 1. The zero-order chi connectivity index (χ0) is 23.4. The van der Waals surface area contributed by atoms with E-state index in [2.05, 4.69) is 20.8 Å². The van der Waals surface area contributed by atoms with Crippen LogP contribution in [0.1, 0.15) is 25.7 Å². The van der Waals surface area contributed by atoms with Gasteiger partial charge in [-0.15, -0.1) is 22.0 Å². The van der Waals surface area contributed by atoms with Gasteiger partial charge in [-0.25, -0.2) is 4.79 Å². The summed E-state index contributed by atoms with van der Waals surface area (Å²) in [5, 5.41) is 25.1. The van der Waals surface area contributed by atoms with E-state index in [1.807, 2.05) is 13.0 Å². The maximum absolute atomic E-state index is 13.0. The number of hydrogen-bond donors (Lipinski definition) is 3. The highest BCUT2D eigenvalue weighted by Crippen LogP contribution is 2.26. The third-order valence-electron chi connectivity index (χ3n) is 4.61. The Balaban J connectivity index is 1.47. The van der Waals surface area contributed by atoms with Crippen molar-refractivity contribution in [3.05, 3.63) is 76.8 Å². The van der Waals surface area contributed by atoms with Gasteiger partial charge < -0.3 is 10.4 Å². The molecule has 0 fully saturated rings. The Hall–Kier alpha value is -3.76. The molecule has 1 heterocycles. The van der Waals surface area contributed by atoms with E-state index in [0.29, 0.717) is 21.6 Å². The molecule has 3 N–H and O–H groups in total. The summed E-state index contributed by atoms with van der Waals surface area (Å²) >= 11 is 2.62. The summed E-state index contributed by atoms with van der Waals surface area (Å²) in [6.07, 6.45) is 0. The second kappa shape index (κ2) is 9.80. The number of amides is 2. The molecule has 0 bridgehead atoms. The van der Waals surface area contributed by atoms with Crippen LogP contribution in [0.25, 0.3) is 10.8 Å². The van der Waals surface area contributed by atoms with Crippen molar-refractivity contribution >= 4 is 62.5 Å².